The van der Waals surface area contributed by atoms with Gasteiger partial charge < -0.3 is 41.0 Å². The SMILES string of the molecule is CC(C)(C)OC(=O)C[N+](C)(CCCNC(=O)OC(C)(C)C)CCCC(=O)OCc1ccccc1.[Br-]. The monoisotopic (exact) mass is 558 g/mol. The van der Waals surface area contributed by atoms with E-state index >= 15 is 0 Å². The number of likely N-dealkylation sites (N-methyl/N-ethyl adjacent to an activating group) is 1. The normalized spacial score (nSPS) is 13.1. The van der Waals surface area contributed by atoms with Crippen LogP contribution in [0.25, 0.3) is 0 Å². The lowest BCUT2D eigenvalue weighted by Gasteiger charge is -2.34. The van der Waals surface area contributed by atoms with Crippen LogP contribution < -0.4 is 22.3 Å². The summed E-state index contributed by atoms with van der Waals surface area (Å²) in [5.41, 5.74) is -0.180. The zero-order chi connectivity index (χ0) is 25.8. The number of nitrogens with zero attached hydrogens (tertiary/aromatic N) is 1. The predicted octanol–water partition coefficient (Wildman–Crippen LogP) is 1.22. The Hall–Kier alpha value is -2.13. The lowest BCUT2D eigenvalue weighted by Crippen LogP contribution is -3.00. The lowest BCUT2D eigenvalue weighted by atomic mass is 10.2. The molecule has 0 heterocycles. The summed E-state index contributed by atoms with van der Waals surface area (Å²) < 4.78 is 16.5. The van der Waals surface area contributed by atoms with Crippen LogP contribution in [0.1, 0.15) is 66.4 Å². The number of hydrogen-bond donors (Lipinski definition) is 1. The molecule has 1 rings (SSSR count). The number of ether oxygens (including phenoxy) is 3. The Labute approximate surface area is 221 Å². The molecule has 35 heavy (non-hydrogen) atoms. The molecule has 200 valence electrons. The summed E-state index contributed by atoms with van der Waals surface area (Å²) >= 11 is 0. The van der Waals surface area contributed by atoms with Gasteiger partial charge in [0.15, 0.2) is 6.54 Å². The van der Waals surface area contributed by atoms with Gasteiger partial charge in [-0.05, 0) is 47.1 Å². The molecule has 0 aliphatic carbocycles. The molecule has 1 atom stereocenters. The number of amides is 1. The number of hydrogen-bond acceptors (Lipinski definition) is 6. The van der Waals surface area contributed by atoms with E-state index in [-0.39, 0.29) is 48.5 Å². The fourth-order valence-corrected chi connectivity index (χ4v) is 3.34. The molecule has 0 aliphatic rings. The van der Waals surface area contributed by atoms with Gasteiger partial charge in [0.2, 0.25) is 0 Å². The van der Waals surface area contributed by atoms with Gasteiger partial charge in [0.05, 0.1) is 26.6 Å². The van der Waals surface area contributed by atoms with Crippen LogP contribution in [-0.4, -0.2) is 66.9 Å². The van der Waals surface area contributed by atoms with Gasteiger partial charge in [0, 0.05) is 19.4 Å². The van der Waals surface area contributed by atoms with Gasteiger partial charge >= 0.3 is 18.0 Å². The molecule has 0 aromatic heterocycles. The van der Waals surface area contributed by atoms with Crippen LogP contribution in [0.3, 0.4) is 0 Å². The zero-order valence-corrected chi connectivity index (χ0v) is 23.9. The summed E-state index contributed by atoms with van der Waals surface area (Å²) in [7, 11) is 1.96. The van der Waals surface area contributed by atoms with E-state index in [0.29, 0.717) is 37.0 Å². The van der Waals surface area contributed by atoms with Gasteiger partial charge in [0.1, 0.15) is 17.8 Å². The molecule has 0 aliphatic heterocycles. The van der Waals surface area contributed by atoms with Gasteiger partial charge in [-0.15, -0.1) is 0 Å². The fourth-order valence-electron chi connectivity index (χ4n) is 3.34. The predicted molar refractivity (Wildman–Crippen MR) is 131 cm³/mol. The van der Waals surface area contributed by atoms with Gasteiger partial charge in [-0.3, -0.25) is 4.79 Å². The van der Waals surface area contributed by atoms with Gasteiger partial charge in [0.25, 0.3) is 0 Å². The number of halogens is 1. The third-order valence-corrected chi connectivity index (χ3v) is 4.80. The van der Waals surface area contributed by atoms with E-state index in [1.165, 1.54) is 0 Å². The van der Waals surface area contributed by atoms with E-state index in [1.54, 1.807) is 0 Å². The maximum absolute atomic E-state index is 12.5. The van der Waals surface area contributed by atoms with Crippen LogP contribution in [0.15, 0.2) is 30.3 Å². The Morgan fingerprint density at radius 1 is 0.857 bits per heavy atom. The maximum Gasteiger partial charge on any atom is 0.407 e. The number of carbonyl (C=O) groups is 3. The van der Waals surface area contributed by atoms with Gasteiger partial charge in [-0.25, -0.2) is 9.59 Å². The van der Waals surface area contributed by atoms with Crippen LogP contribution in [0, 0.1) is 0 Å². The Kier molecular flexibility index (Phi) is 14.2. The highest BCUT2D eigenvalue weighted by molar-refractivity contribution is 5.71. The highest BCUT2D eigenvalue weighted by Gasteiger charge is 2.29. The molecule has 0 fully saturated rings. The second kappa shape index (κ2) is 15.1. The van der Waals surface area contributed by atoms with Crippen molar-refractivity contribution in [2.75, 3.05) is 33.2 Å². The van der Waals surface area contributed by atoms with E-state index in [4.69, 9.17) is 14.2 Å². The summed E-state index contributed by atoms with van der Waals surface area (Å²) in [5.74, 6) is -0.555. The average molecular weight is 560 g/mol. The first kappa shape index (κ1) is 32.9. The number of esters is 2. The summed E-state index contributed by atoms with van der Waals surface area (Å²) in [6.45, 7) is 13.0. The average Bonchev–Trinajstić information content (AvgIpc) is 2.67. The fraction of sp³-hybridized carbons (Fsp3) is 0.654. The molecule has 0 saturated heterocycles. The van der Waals surface area contributed by atoms with Crippen LogP contribution >= 0.6 is 0 Å². The second-order valence-electron chi connectivity index (χ2n) is 10.8. The van der Waals surface area contributed by atoms with Crippen LogP contribution in [-0.2, 0) is 30.4 Å². The number of carbonyl (C=O) groups excluding carboxylic acids is 3. The first-order chi connectivity index (χ1) is 15.7. The molecular formula is C26H43BrN2O6. The third-order valence-electron chi connectivity index (χ3n) is 4.80. The highest BCUT2D eigenvalue weighted by atomic mass is 79.9. The first-order valence-corrected chi connectivity index (χ1v) is 11.9. The standard InChI is InChI=1S/C26H42N2O6.BrH/c1-25(2,3)33-23(30)19-28(7,18-12-16-27-24(31)34-26(4,5)6)17-11-15-22(29)32-20-21-13-9-8-10-14-21;/h8-10,13-14H,11-12,15-20H2,1-7H3;1H. The van der Waals surface area contributed by atoms with Gasteiger partial charge in [-0.1, -0.05) is 30.3 Å². The highest BCUT2D eigenvalue weighted by Crippen LogP contribution is 2.13. The molecule has 8 nitrogen and oxygen atoms in total. The van der Waals surface area contributed by atoms with Gasteiger partial charge in [-0.2, -0.15) is 0 Å². The second-order valence-corrected chi connectivity index (χ2v) is 10.8. The van der Waals surface area contributed by atoms with E-state index in [2.05, 4.69) is 5.32 Å². The molecule has 9 heteroatoms. The summed E-state index contributed by atoms with van der Waals surface area (Å²) in [6.07, 6.45) is 1.03. The summed E-state index contributed by atoms with van der Waals surface area (Å²) in [4.78, 5) is 36.6. The number of alkyl carbamates (subject to hydrolysis) is 1. The smallest absolute Gasteiger partial charge is 0.407 e. The van der Waals surface area contributed by atoms with E-state index < -0.39 is 17.3 Å². The molecule has 0 radical (unpaired) electrons. The summed E-state index contributed by atoms with van der Waals surface area (Å²) in [5, 5.41) is 2.75. The quantitative estimate of drug-likeness (QED) is 0.179. The molecule has 1 N–H and O–H groups in total. The van der Waals surface area contributed by atoms with Crippen molar-refractivity contribution in [2.24, 2.45) is 0 Å². The maximum atomic E-state index is 12.5. The minimum Gasteiger partial charge on any atom is -1.00 e. The summed E-state index contributed by atoms with van der Waals surface area (Å²) in [6, 6.07) is 9.54. The number of nitrogens with one attached hydrogen (secondary N) is 1. The van der Waals surface area contributed by atoms with Crippen molar-refractivity contribution in [3.8, 4) is 0 Å². The minimum absolute atomic E-state index is 0. The number of quaternary nitrogens is 1. The van der Waals surface area contributed by atoms with Crippen molar-refractivity contribution in [2.45, 2.75) is 78.6 Å². The first-order valence-electron chi connectivity index (χ1n) is 11.9. The molecule has 0 spiro atoms. The van der Waals surface area contributed by atoms with E-state index in [0.717, 1.165) is 5.56 Å². The third kappa shape index (κ3) is 17.0. The van der Waals surface area contributed by atoms with Crippen LogP contribution in [0.5, 0.6) is 0 Å². The van der Waals surface area contributed by atoms with Crippen LogP contribution in [0.2, 0.25) is 0 Å². The zero-order valence-electron chi connectivity index (χ0n) is 22.3. The van der Waals surface area contributed by atoms with Crippen molar-refractivity contribution in [3.63, 3.8) is 0 Å². The Morgan fingerprint density at radius 3 is 2.00 bits per heavy atom. The molecular weight excluding hydrogens is 516 g/mol. The number of rotatable bonds is 12. The van der Waals surface area contributed by atoms with Crippen molar-refractivity contribution in [1.82, 2.24) is 5.32 Å². The Balaban J connectivity index is 0.0000116. The van der Waals surface area contributed by atoms with Crippen molar-refractivity contribution in [3.05, 3.63) is 35.9 Å². The van der Waals surface area contributed by atoms with E-state index in [1.807, 2.05) is 78.9 Å². The molecule has 1 aromatic carbocycles. The minimum atomic E-state index is -0.568. The number of benzene rings is 1. The molecule has 1 amide bonds. The topological polar surface area (TPSA) is 90.9 Å². The van der Waals surface area contributed by atoms with Crippen molar-refractivity contribution >= 4 is 18.0 Å². The van der Waals surface area contributed by atoms with Crippen molar-refractivity contribution in [1.29, 1.82) is 0 Å². The molecule has 0 saturated carbocycles. The Morgan fingerprint density at radius 2 is 1.43 bits per heavy atom. The molecule has 1 aromatic rings. The molecule has 1 unspecified atom stereocenters. The Bertz CT molecular complexity index is 789. The van der Waals surface area contributed by atoms with E-state index in [9.17, 15) is 14.4 Å². The largest absolute Gasteiger partial charge is 1.00 e. The lowest BCUT2D eigenvalue weighted by molar-refractivity contribution is -0.902. The van der Waals surface area contributed by atoms with Crippen LogP contribution in [0.4, 0.5) is 4.79 Å². The molecule has 0 bridgehead atoms. The van der Waals surface area contributed by atoms with Crippen molar-refractivity contribution < 1.29 is 50.1 Å².